The van der Waals surface area contributed by atoms with Gasteiger partial charge >= 0.3 is 0 Å². The van der Waals surface area contributed by atoms with Gasteiger partial charge in [0.1, 0.15) is 0 Å². The van der Waals surface area contributed by atoms with E-state index < -0.39 is 0 Å². The largest absolute Gasteiger partial charge is 0.307 e. The molecule has 1 aromatic rings. The molecule has 18 heavy (non-hydrogen) atoms. The van der Waals surface area contributed by atoms with Crippen molar-refractivity contribution in [2.45, 2.75) is 71.9 Å². The minimum Gasteiger partial charge on any atom is -0.307 e. The van der Waals surface area contributed by atoms with Gasteiger partial charge in [-0.15, -0.1) is 11.3 Å². The Morgan fingerprint density at radius 1 is 1.33 bits per heavy atom. The zero-order chi connectivity index (χ0) is 13.3. The lowest BCUT2D eigenvalue weighted by Crippen LogP contribution is -2.34. The molecule has 0 saturated heterocycles. The molecule has 0 aromatic carbocycles. The van der Waals surface area contributed by atoms with E-state index >= 15 is 0 Å². The molecule has 2 unspecified atom stereocenters. The van der Waals surface area contributed by atoms with Crippen LogP contribution in [0, 0.1) is 12.8 Å². The minimum absolute atomic E-state index is 0.179. The standard InChI is InChI=1S/C15H26N2S/c1-10-6-7-12(8-10)14-17-11(2)13(18-14)9-16-15(3,4)5/h10,12,16H,6-9H2,1-5H3. The van der Waals surface area contributed by atoms with Crippen LogP contribution in [0.3, 0.4) is 0 Å². The second kappa shape index (κ2) is 5.30. The van der Waals surface area contributed by atoms with Crippen molar-refractivity contribution >= 4 is 11.3 Å². The van der Waals surface area contributed by atoms with Gasteiger partial charge in [0.25, 0.3) is 0 Å². The van der Waals surface area contributed by atoms with Gasteiger partial charge in [0.05, 0.1) is 10.7 Å². The van der Waals surface area contributed by atoms with E-state index in [1.165, 1.54) is 34.8 Å². The van der Waals surface area contributed by atoms with Crippen molar-refractivity contribution < 1.29 is 0 Å². The predicted molar refractivity (Wildman–Crippen MR) is 79.2 cm³/mol. The molecule has 1 heterocycles. The van der Waals surface area contributed by atoms with Crippen molar-refractivity contribution in [2.24, 2.45) is 5.92 Å². The molecule has 1 aromatic heterocycles. The number of hydrogen-bond acceptors (Lipinski definition) is 3. The molecule has 0 spiro atoms. The van der Waals surface area contributed by atoms with Crippen LogP contribution in [0.2, 0.25) is 0 Å². The summed E-state index contributed by atoms with van der Waals surface area (Å²) in [5.74, 6) is 1.61. The Labute approximate surface area is 115 Å². The van der Waals surface area contributed by atoms with E-state index in [4.69, 9.17) is 4.98 Å². The van der Waals surface area contributed by atoms with Crippen molar-refractivity contribution in [2.75, 3.05) is 0 Å². The lowest BCUT2D eigenvalue weighted by molar-refractivity contribution is 0.425. The maximum absolute atomic E-state index is 4.81. The van der Waals surface area contributed by atoms with Gasteiger partial charge in [0, 0.05) is 22.9 Å². The van der Waals surface area contributed by atoms with Gasteiger partial charge in [-0.3, -0.25) is 0 Å². The monoisotopic (exact) mass is 266 g/mol. The van der Waals surface area contributed by atoms with Crippen LogP contribution in [0.5, 0.6) is 0 Å². The highest BCUT2D eigenvalue weighted by Gasteiger charge is 2.26. The normalized spacial score (nSPS) is 24.7. The molecule has 1 saturated carbocycles. The van der Waals surface area contributed by atoms with Gasteiger partial charge in [-0.25, -0.2) is 4.98 Å². The Bertz CT molecular complexity index is 403. The molecule has 2 atom stereocenters. The summed E-state index contributed by atoms with van der Waals surface area (Å²) in [6.07, 6.45) is 4.04. The van der Waals surface area contributed by atoms with E-state index in [-0.39, 0.29) is 5.54 Å². The van der Waals surface area contributed by atoms with Gasteiger partial charge in [0.15, 0.2) is 0 Å². The molecule has 0 bridgehead atoms. The molecule has 1 aliphatic carbocycles. The van der Waals surface area contributed by atoms with E-state index in [0.29, 0.717) is 0 Å². The van der Waals surface area contributed by atoms with E-state index in [1.807, 2.05) is 11.3 Å². The lowest BCUT2D eigenvalue weighted by atomic mass is 10.1. The van der Waals surface area contributed by atoms with E-state index in [1.54, 1.807) is 0 Å². The smallest absolute Gasteiger partial charge is 0.0962 e. The van der Waals surface area contributed by atoms with Crippen LogP contribution in [0.1, 0.15) is 68.5 Å². The number of nitrogens with zero attached hydrogens (tertiary/aromatic N) is 1. The molecule has 1 N–H and O–H groups in total. The van der Waals surface area contributed by atoms with Gasteiger partial charge in [-0.2, -0.15) is 0 Å². The number of hydrogen-bond donors (Lipinski definition) is 1. The first-order chi connectivity index (χ1) is 8.35. The maximum atomic E-state index is 4.81. The number of aromatic nitrogens is 1. The van der Waals surface area contributed by atoms with Crippen LogP contribution < -0.4 is 5.32 Å². The van der Waals surface area contributed by atoms with E-state index in [0.717, 1.165) is 18.4 Å². The van der Waals surface area contributed by atoms with Gasteiger partial charge < -0.3 is 5.32 Å². The third kappa shape index (κ3) is 3.55. The molecule has 102 valence electrons. The van der Waals surface area contributed by atoms with Crippen molar-refractivity contribution in [1.29, 1.82) is 0 Å². The Morgan fingerprint density at radius 2 is 2.06 bits per heavy atom. The van der Waals surface area contributed by atoms with E-state index in [9.17, 15) is 0 Å². The average molecular weight is 266 g/mol. The highest BCUT2D eigenvalue weighted by Crippen LogP contribution is 2.40. The summed E-state index contributed by atoms with van der Waals surface area (Å²) < 4.78 is 0. The fraction of sp³-hybridized carbons (Fsp3) is 0.800. The zero-order valence-corrected chi connectivity index (χ0v) is 13.2. The maximum Gasteiger partial charge on any atom is 0.0962 e. The second-order valence-corrected chi connectivity index (χ2v) is 7.89. The predicted octanol–water partition coefficient (Wildman–Crippen LogP) is 4.24. The third-order valence-electron chi connectivity index (χ3n) is 3.73. The Hall–Kier alpha value is -0.410. The first kappa shape index (κ1) is 14.0. The van der Waals surface area contributed by atoms with Crippen LogP contribution in [0.4, 0.5) is 0 Å². The van der Waals surface area contributed by atoms with Crippen LogP contribution in [-0.4, -0.2) is 10.5 Å². The average Bonchev–Trinajstić information content (AvgIpc) is 2.81. The minimum atomic E-state index is 0.179. The van der Waals surface area contributed by atoms with Gasteiger partial charge in [-0.1, -0.05) is 13.3 Å². The SMILES string of the molecule is Cc1nc(C2CCC(C)C2)sc1CNC(C)(C)C. The molecule has 1 fully saturated rings. The highest BCUT2D eigenvalue weighted by atomic mass is 32.1. The number of nitrogens with one attached hydrogen (secondary N) is 1. The molecular formula is C15H26N2S. The first-order valence-corrected chi connectivity index (χ1v) is 7.88. The van der Waals surface area contributed by atoms with Crippen LogP contribution in [0.25, 0.3) is 0 Å². The summed E-state index contributed by atoms with van der Waals surface area (Å²) in [5, 5.41) is 4.94. The lowest BCUT2D eigenvalue weighted by Gasteiger charge is -2.19. The quantitative estimate of drug-likeness (QED) is 0.885. The van der Waals surface area contributed by atoms with Gasteiger partial charge in [0.2, 0.25) is 0 Å². The topological polar surface area (TPSA) is 24.9 Å². The Morgan fingerprint density at radius 3 is 2.61 bits per heavy atom. The second-order valence-electron chi connectivity index (χ2n) is 6.78. The molecule has 0 aliphatic heterocycles. The summed E-state index contributed by atoms with van der Waals surface area (Å²) in [4.78, 5) is 6.22. The fourth-order valence-electron chi connectivity index (χ4n) is 2.57. The molecule has 3 heteroatoms. The molecule has 0 radical (unpaired) electrons. The molecule has 0 amide bonds. The van der Waals surface area contributed by atoms with Crippen LogP contribution >= 0.6 is 11.3 Å². The molecular weight excluding hydrogens is 240 g/mol. The first-order valence-electron chi connectivity index (χ1n) is 7.06. The van der Waals surface area contributed by atoms with Crippen molar-refractivity contribution in [3.8, 4) is 0 Å². The summed E-state index contributed by atoms with van der Waals surface area (Å²) in [6.45, 7) is 12.1. The van der Waals surface area contributed by atoms with Gasteiger partial charge in [-0.05, 0) is 46.5 Å². The van der Waals surface area contributed by atoms with E-state index in [2.05, 4.69) is 39.9 Å². The molecule has 2 nitrogen and oxygen atoms in total. The summed E-state index contributed by atoms with van der Waals surface area (Å²) in [5.41, 5.74) is 1.41. The van der Waals surface area contributed by atoms with Crippen molar-refractivity contribution in [3.63, 3.8) is 0 Å². The summed E-state index contributed by atoms with van der Waals surface area (Å²) >= 11 is 1.93. The zero-order valence-electron chi connectivity index (χ0n) is 12.3. The molecule has 2 rings (SSSR count). The molecule has 1 aliphatic rings. The van der Waals surface area contributed by atoms with Crippen molar-refractivity contribution in [3.05, 3.63) is 15.6 Å². The Balaban J connectivity index is 2.03. The fourth-order valence-corrected chi connectivity index (χ4v) is 3.72. The van der Waals surface area contributed by atoms with Crippen molar-refractivity contribution in [1.82, 2.24) is 10.3 Å². The Kier molecular flexibility index (Phi) is 4.12. The summed E-state index contributed by atoms with van der Waals surface area (Å²) in [6, 6.07) is 0. The third-order valence-corrected chi connectivity index (χ3v) is 5.05. The highest BCUT2D eigenvalue weighted by molar-refractivity contribution is 7.11. The number of thiazole rings is 1. The van der Waals surface area contributed by atoms with Crippen LogP contribution in [-0.2, 0) is 6.54 Å². The van der Waals surface area contributed by atoms with Crippen LogP contribution in [0.15, 0.2) is 0 Å². The summed E-state index contributed by atoms with van der Waals surface area (Å²) in [7, 11) is 0. The number of rotatable bonds is 3. The number of aryl methyl sites for hydroxylation is 1.